The number of rotatable bonds is 5. The molecule has 2 N–H and O–H groups in total. The summed E-state index contributed by atoms with van der Waals surface area (Å²) in [7, 11) is 0. The highest BCUT2D eigenvalue weighted by Crippen LogP contribution is 2.15. The molecule has 96 valence electrons. The number of aryl methyl sites for hydroxylation is 1. The molecule has 0 aliphatic carbocycles. The zero-order chi connectivity index (χ0) is 13.0. The summed E-state index contributed by atoms with van der Waals surface area (Å²) in [5, 5.41) is 4.21. The molecular weight excluding hydrogens is 216 g/mol. The number of amides is 1. The van der Waals surface area contributed by atoms with Crippen LogP contribution in [0.1, 0.15) is 44.6 Å². The number of aromatic nitrogens is 2. The quantitative estimate of drug-likeness (QED) is 0.850. The normalized spacial score (nSPS) is 12.5. The zero-order valence-corrected chi connectivity index (χ0v) is 11.1. The van der Waals surface area contributed by atoms with Crippen LogP contribution >= 0.6 is 0 Å². The largest absolute Gasteiger partial charge is 0.396 e. The van der Waals surface area contributed by atoms with Gasteiger partial charge in [-0.3, -0.25) is 9.48 Å². The van der Waals surface area contributed by atoms with E-state index in [0.717, 1.165) is 6.42 Å². The Kier molecular flexibility index (Phi) is 4.54. The van der Waals surface area contributed by atoms with Crippen LogP contribution in [0.15, 0.2) is 6.20 Å². The van der Waals surface area contributed by atoms with Gasteiger partial charge in [0.25, 0.3) is 5.91 Å². The Morgan fingerprint density at radius 2 is 2.18 bits per heavy atom. The van der Waals surface area contributed by atoms with Gasteiger partial charge in [0, 0.05) is 25.3 Å². The molecule has 0 aromatic carbocycles. The van der Waals surface area contributed by atoms with Gasteiger partial charge >= 0.3 is 0 Å². The van der Waals surface area contributed by atoms with Gasteiger partial charge in [-0.2, -0.15) is 5.10 Å². The summed E-state index contributed by atoms with van der Waals surface area (Å²) in [6.07, 6.45) is 2.63. The molecule has 5 heteroatoms. The lowest BCUT2D eigenvalue weighted by molar-refractivity contribution is 0.0694. The van der Waals surface area contributed by atoms with Gasteiger partial charge in [-0.1, -0.05) is 6.92 Å². The van der Waals surface area contributed by atoms with Crippen molar-refractivity contribution in [2.24, 2.45) is 0 Å². The lowest BCUT2D eigenvalue weighted by Gasteiger charge is -2.26. The van der Waals surface area contributed by atoms with Crippen LogP contribution in [0.3, 0.4) is 0 Å². The Morgan fingerprint density at radius 1 is 1.53 bits per heavy atom. The number of hydrogen-bond acceptors (Lipinski definition) is 3. The van der Waals surface area contributed by atoms with Gasteiger partial charge in [-0.05, 0) is 27.2 Å². The fourth-order valence-electron chi connectivity index (χ4n) is 1.78. The highest BCUT2D eigenvalue weighted by atomic mass is 16.2. The van der Waals surface area contributed by atoms with E-state index in [4.69, 9.17) is 5.73 Å². The first-order chi connectivity index (χ1) is 8.04. The molecule has 0 fully saturated rings. The van der Waals surface area contributed by atoms with E-state index in [9.17, 15) is 4.79 Å². The van der Waals surface area contributed by atoms with Crippen molar-refractivity contribution < 1.29 is 4.79 Å². The number of nitrogens with two attached hydrogens (primary N) is 1. The van der Waals surface area contributed by atoms with Crippen molar-refractivity contribution in [3.63, 3.8) is 0 Å². The van der Waals surface area contributed by atoms with Crippen LogP contribution in [-0.2, 0) is 6.54 Å². The maximum Gasteiger partial charge on any atom is 0.276 e. The molecule has 1 heterocycles. The van der Waals surface area contributed by atoms with Crippen LogP contribution < -0.4 is 5.73 Å². The topological polar surface area (TPSA) is 64.2 Å². The minimum atomic E-state index is -0.0773. The molecule has 0 aliphatic rings. The first-order valence-electron chi connectivity index (χ1n) is 6.18. The minimum absolute atomic E-state index is 0.0773. The number of carbonyl (C=O) groups is 1. The highest BCUT2D eigenvalue weighted by molar-refractivity contribution is 5.97. The fourth-order valence-corrected chi connectivity index (χ4v) is 1.78. The van der Waals surface area contributed by atoms with Crippen molar-refractivity contribution in [1.82, 2.24) is 14.7 Å². The first kappa shape index (κ1) is 13.5. The van der Waals surface area contributed by atoms with Crippen LogP contribution in [0.5, 0.6) is 0 Å². The second-order valence-corrected chi connectivity index (χ2v) is 4.14. The Morgan fingerprint density at radius 3 is 2.59 bits per heavy atom. The van der Waals surface area contributed by atoms with Crippen LogP contribution in [0.2, 0.25) is 0 Å². The summed E-state index contributed by atoms with van der Waals surface area (Å²) in [6, 6.07) is 0.207. The third-order valence-electron chi connectivity index (χ3n) is 3.04. The maximum atomic E-state index is 12.3. The molecule has 1 amide bonds. The summed E-state index contributed by atoms with van der Waals surface area (Å²) in [5.41, 5.74) is 6.65. The van der Waals surface area contributed by atoms with E-state index in [1.54, 1.807) is 15.8 Å². The number of carbonyl (C=O) groups excluding carboxylic acids is 1. The van der Waals surface area contributed by atoms with Gasteiger partial charge in [0.1, 0.15) is 0 Å². The monoisotopic (exact) mass is 238 g/mol. The molecule has 1 rings (SSSR count). The standard InChI is InChI=1S/C12H22N4O/c1-5-9(4)16(7-3)12(17)11-10(13)8-15(6-2)14-11/h8-9H,5-7,13H2,1-4H3. The van der Waals surface area contributed by atoms with Gasteiger partial charge in [0.2, 0.25) is 0 Å². The number of nitrogens with zero attached hydrogens (tertiary/aromatic N) is 3. The molecule has 1 atom stereocenters. The molecule has 1 unspecified atom stereocenters. The lowest BCUT2D eigenvalue weighted by Crippen LogP contribution is -2.38. The molecule has 5 nitrogen and oxygen atoms in total. The molecule has 0 saturated heterocycles. The highest BCUT2D eigenvalue weighted by Gasteiger charge is 2.23. The minimum Gasteiger partial charge on any atom is -0.396 e. The Labute approximate surface area is 103 Å². The second-order valence-electron chi connectivity index (χ2n) is 4.14. The van der Waals surface area contributed by atoms with Crippen LogP contribution in [0.25, 0.3) is 0 Å². The van der Waals surface area contributed by atoms with E-state index in [2.05, 4.69) is 12.0 Å². The van der Waals surface area contributed by atoms with Crippen molar-refractivity contribution in [2.45, 2.75) is 46.7 Å². The van der Waals surface area contributed by atoms with Crippen molar-refractivity contribution >= 4 is 11.6 Å². The fraction of sp³-hybridized carbons (Fsp3) is 0.667. The third-order valence-corrected chi connectivity index (χ3v) is 3.04. The van der Waals surface area contributed by atoms with Gasteiger partial charge in [-0.15, -0.1) is 0 Å². The van der Waals surface area contributed by atoms with Crippen molar-refractivity contribution in [1.29, 1.82) is 0 Å². The van der Waals surface area contributed by atoms with E-state index >= 15 is 0 Å². The predicted octanol–water partition coefficient (Wildman–Crippen LogP) is 1.75. The molecule has 0 saturated carbocycles. The summed E-state index contributed by atoms with van der Waals surface area (Å²) in [6.45, 7) is 9.42. The average Bonchev–Trinajstić information content (AvgIpc) is 2.71. The Balaban J connectivity index is 2.97. The molecule has 0 radical (unpaired) electrons. The smallest absolute Gasteiger partial charge is 0.276 e. The van der Waals surface area contributed by atoms with Gasteiger partial charge < -0.3 is 10.6 Å². The van der Waals surface area contributed by atoms with Gasteiger partial charge in [0.05, 0.1) is 5.69 Å². The molecule has 17 heavy (non-hydrogen) atoms. The summed E-state index contributed by atoms with van der Waals surface area (Å²) >= 11 is 0. The molecular formula is C12H22N4O. The molecule has 1 aromatic heterocycles. The van der Waals surface area contributed by atoms with E-state index < -0.39 is 0 Å². The zero-order valence-electron chi connectivity index (χ0n) is 11.1. The summed E-state index contributed by atoms with van der Waals surface area (Å²) in [4.78, 5) is 14.1. The van der Waals surface area contributed by atoms with Crippen molar-refractivity contribution in [3.05, 3.63) is 11.9 Å². The predicted molar refractivity (Wildman–Crippen MR) is 68.8 cm³/mol. The van der Waals surface area contributed by atoms with Crippen molar-refractivity contribution in [3.8, 4) is 0 Å². The van der Waals surface area contributed by atoms with Crippen molar-refractivity contribution in [2.75, 3.05) is 12.3 Å². The number of anilines is 1. The number of hydrogen-bond donors (Lipinski definition) is 1. The maximum absolute atomic E-state index is 12.3. The van der Waals surface area contributed by atoms with E-state index in [-0.39, 0.29) is 11.9 Å². The molecule has 1 aromatic rings. The first-order valence-corrected chi connectivity index (χ1v) is 6.18. The summed E-state index contributed by atoms with van der Waals surface area (Å²) in [5.74, 6) is -0.0773. The van der Waals surface area contributed by atoms with Crippen LogP contribution in [0, 0.1) is 0 Å². The summed E-state index contributed by atoms with van der Waals surface area (Å²) < 4.78 is 1.69. The Bertz CT molecular complexity index is 386. The molecule has 0 spiro atoms. The number of nitrogen functional groups attached to an aromatic ring is 1. The van der Waals surface area contributed by atoms with E-state index in [0.29, 0.717) is 24.5 Å². The molecule has 0 bridgehead atoms. The van der Waals surface area contributed by atoms with E-state index in [1.165, 1.54) is 0 Å². The lowest BCUT2D eigenvalue weighted by atomic mass is 10.2. The average molecular weight is 238 g/mol. The molecule has 0 aliphatic heterocycles. The van der Waals surface area contributed by atoms with Gasteiger partial charge in [0.15, 0.2) is 5.69 Å². The van der Waals surface area contributed by atoms with Crippen LogP contribution in [-0.4, -0.2) is 33.2 Å². The second kappa shape index (κ2) is 5.70. The third kappa shape index (κ3) is 2.78. The SMILES string of the molecule is CCC(C)N(CC)C(=O)c1nn(CC)cc1N. The van der Waals surface area contributed by atoms with Gasteiger partial charge in [-0.25, -0.2) is 0 Å². The Hall–Kier alpha value is -1.52. The van der Waals surface area contributed by atoms with Crippen LogP contribution in [0.4, 0.5) is 5.69 Å². The van der Waals surface area contributed by atoms with E-state index in [1.807, 2.05) is 20.8 Å².